The number of aromatic hydroxyl groups is 2. The average molecular weight is 608 g/mol. The van der Waals surface area contributed by atoms with Crippen LogP contribution in [0.15, 0.2) is 48.5 Å². The Labute approximate surface area is 262 Å². The van der Waals surface area contributed by atoms with Crippen LogP contribution >= 0.6 is 24.8 Å². The third-order valence-corrected chi connectivity index (χ3v) is 10.0. The molecule has 2 fully saturated rings. The molecule has 0 aliphatic carbocycles. The van der Waals surface area contributed by atoms with Crippen LogP contribution in [0.3, 0.4) is 0 Å². The monoisotopic (exact) mass is 606 g/mol. The number of hydrogen-bond acceptors (Lipinski definition) is 4. The van der Waals surface area contributed by atoms with Crippen LogP contribution in [0.5, 0.6) is 11.5 Å². The highest BCUT2D eigenvalue weighted by molar-refractivity contribution is 5.85. The first-order valence-electron chi connectivity index (χ1n) is 16.0. The second kappa shape index (κ2) is 17.6. The highest BCUT2D eigenvalue weighted by atomic mass is 35.5. The number of likely N-dealkylation sites (tertiary alicyclic amines) is 2. The third-order valence-electron chi connectivity index (χ3n) is 10.0. The minimum atomic E-state index is 0. The SMILES string of the molecule is CC[C@@]1(c2cccc(O)c2)CCCCN(CCCCCCCN2CCCC[C@@](CC)(c3cccc(O)c3)C2)C1.Cl.Cl. The van der Waals surface area contributed by atoms with Crippen molar-refractivity contribution >= 4 is 24.8 Å². The molecule has 0 unspecified atom stereocenters. The molecule has 0 aromatic heterocycles. The number of unbranched alkanes of at least 4 members (excludes halogenated alkanes) is 4. The van der Waals surface area contributed by atoms with Gasteiger partial charge >= 0.3 is 0 Å². The van der Waals surface area contributed by atoms with Crippen molar-refractivity contribution in [3.8, 4) is 11.5 Å². The van der Waals surface area contributed by atoms with Crippen LogP contribution in [-0.2, 0) is 10.8 Å². The number of phenolic OH excluding ortho intramolecular Hbond substituents is 2. The van der Waals surface area contributed by atoms with Gasteiger partial charge in [0.15, 0.2) is 0 Å². The zero-order valence-corrected chi connectivity index (χ0v) is 27.3. The number of nitrogens with zero attached hydrogens (tertiary/aromatic N) is 2. The molecule has 41 heavy (non-hydrogen) atoms. The highest BCUT2D eigenvalue weighted by Gasteiger charge is 2.35. The fourth-order valence-corrected chi connectivity index (χ4v) is 7.48. The lowest BCUT2D eigenvalue weighted by Crippen LogP contribution is -2.39. The second-order valence-electron chi connectivity index (χ2n) is 12.6. The van der Waals surface area contributed by atoms with E-state index in [1.54, 1.807) is 12.1 Å². The lowest BCUT2D eigenvalue weighted by atomic mass is 9.74. The number of rotatable bonds is 12. The Morgan fingerprint density at radius 2 is 1.02 bits per heavy atom. The van der Waals surface area contributed by atoms with Crippen LogP contribution < -0.4 is 0 Å². The zero-order valence-electron chi connectivity index (χ0n) is 25.7. The molecular formula is C35H56Cl2N2O2. The van der Waals surface area contributed by atoms with Crippen LogP contribution in [0.1, 0.15) is 108 Å². The zero-order chi connectivity index (χ0) is 27.6. The van der Waals surface area contributed by atoms with Crippen molar-refractivity contribution in [2.75, 3.05) is 39.3 Å². The van der Waals surface area contributed by atoms with Gasteiger partial charge in [-0.05, 0) is 113 Å². The molecule has 6 heteroatoms. The summed E-state index contributed by atoms with van der Waals surface area (Å²) in [5.74, 6) is 0.798. The number of benzene rings is 2. The number of halogens is 2. The molecule has 0 radical (unpaired) electrons. The Morgan fingerprint density at radius 1 is 0.610 bits per heavy atom. The van der Waals surface area contributed by atoms with E-state index in [2.05, 4.69) is 35.8 Å². The molecule has 2 heterocycles. The number of phenols is 2. The van der Waals surface area contributed by atoms with Gasteiger partial charge in [-0.1, -0.05) is 70.2 Å². The molecule has 2 aromatic carbocycles. The minimum Gasteiger partial charge on any atom is -0.508 e. The van der Waals surface area contributed by atoms with Crippen molar-refractivity contribution < 1.29 is 10.2 Å². The standard InChI is InChI=1S/C35H54N2O2.2ClH/c1-3-34(30-16-14-18-32(38)26-30)20-8-12-24-36(28-34)22-10-6-5-7-11-23-37-25-13-9-21-35(4-2,29-37)31-17-15-19-33(39)27-31;;/h14-19,26-27,38-39H,3-13,20-25,28-29H2,1-2H3;2*1H/t34-,35-;;/m1../s1. The van der Waals surface area contributed by atoms with Crippen LogP contribution in [0.2, 0.25) is 0 Å². The van der Waals surface area contributed by atoms with Crippen molar-refractivity contribution in [2.24, 2.45) is 0 Å². The Morgan fingerprint density at radius 3 is 1.41 bits per heavy atom. The van der Waals surface area contributed by atoms with E-state index in [-0.39, 0.29) is 35.6 Å². The Bertz CT molecular complexity index is 942. The molecule has 0 saturated carbocycles. The maximum atomic E-state index is 10.1. The molecule has 0 amide bonds. The quantitative estimate of drug-likeness (QED) is 0.237. The number of hydrogen-bond donors (Lipinski definition) is 2. The van der Waals surface area contributed by atoms with E-state index in [1.807, 2.05) is 24.3 Å². The summed E-state index contributed by atoms with van der Waals surface area (Å²) in [6.45, 7) is 11.7. The Kier molecular flexibility index (Phi) is 15.3. The first-order valence-corrected chi connectivity index (χ1v) is 16.0. The molecule has 2 aromatic rings. The third kappa shape index (κ3) is 9.78. The van der Waals surface area contributed by atoms with Gasteiger partial charge in [0.1, 0.15) is 11.5 Å². The fraction of sp³-hybridized carbons (Fsp3) is 0.657. The smallest absolute Gasteiger partial charge is 0.115 e. The summed E-state index contributed by atoms with van der Waals surface area (Å²) in [6.07, 6.45) is 16.4. The fourth-order valence-electron chi connectivity index (χ4n) is 7.48. The summed E-state index contributed by atoms with van der Waals surface area (Å²) in [4.78, 5) is 5.42. The molecule has 2 aliphatic rings. The normalized spacial score (nSPS) is 24.0. The largest absolute Gasteiger partial charge is 0.508 e. The molecule has 0 bridgehead atoms. The lowest BCUT2D eigenvalue weighted by molar-refractivity contribution is 0.209. The van der Waals surface area contributed by atoms with Crippen molar-refractivity contribution in [2.45, 2.75) is 108 Å². The molecule has 232 valence electrons. The predicted octanol–water partition coefficient (Wildman–Crippen LogP) is 8.86. The van der Waals surface area contributed by atoms with Gasteiger partial charge in [-0.15, -0.1) is 24.8 Å². The minimum absolute atomic E-state index is 0. The average Bonchev–Trinajstić information content (AvgIpc) is 3.30. The summed E-state index contributed by atoms with van der Waals surface area (Å²) >= 11 is 0. The van der Waals surface area contributed by atoms with Gasteiger partial charge in [-0.25, -0.2) is 0 Å². The maximum absolute atomic E-state index is 10.1. The molecule has 2 atom stereocenters. The first kappa shape index (κ1) is 35.7. The highest BCUT2D eigenvalue weighted by Crippen LogP contribution is 2.39. The van der Waals surface area contributed by atoms with Gasteiger partial charge in [0, 0.05) is 23.9 Å². The molecule has 2 aliphatic heterocycles. The van der Waals surface area contributed by atoms with Crippen LogP contribution in [0.25, 0.3) is 0 Å². The van der Waals surface area contributed by atoms with Gasteiger partial charge in [0.05, 0.1) is 0 Å². The molecule has 2 N–H and O–H groups in total. The van der Waals surface area contributed by atoms with E-state index in [0.29, 0.717) is 11.5 Å². The summed E-state index contributed by atoms with van der Waals surface area (Å²) in [5, 5.41) is 20.2. The first-order chi connectivity index (χ1) is 19.0. The van der Waals surface area contributed by atoms with E-state index in [1.165, 1.54) is 108 Å². The van der Waals surface area contributed by atoms with Crippen LogP contribution in [0, 0.1) is 0 Å². The van der Waals surface area contributed by atoms with E-state index in [9.17, 15) is 10.2 Å². The van der Waals surface area contributed by atoms with Gasteiger partial charge < -0.3 is 20.0 Å². The summed E-state index contributed by atoms with van der Waals surface area (Å²) in [6, 6.07) is 16.1. The van der Waals surface area contributed by atoms with E-state index < -0.39 is 0 Å². The van der Waals surface area contributed by atoms with Gasteiger partial charge in [-0.3, -0.25) is 0 Å². The topological polar surface area (TPSA) is 46.9 Å². The molecule has 2 saturated heterocycles. The van der Waals surface area contributed by atoms with Gasteiger partial charge in [0.2, 0.25) is 0 Å². The second-order valence-corrected chi connectivity index (χ2v) is 12.6. The van der Waals surface area contributed by atoms with Crippen molar-refractivity contribution in [3.05, 3.63) is 59.7 Å². The molecule has 4 nitrogen and oxygen atoms in total. The Hall–Kier alpha value is -1.46. The summed E-state index contributed by atoms with van der Waals surface area (Å²) in [5.41, 5.74) is 2.99. The van der Waals surface area contributed by atoms with Crippen molar-refractivity contribution in [1.29, 1.82) is 0 Å². The molecule has 0 spiro atoms. The Balaban J connectivity index is 0.00000294. The van der Waals surface area contributed by atoms with Crippen molar-refractivity contribution in [1.82, 2.24) is 9.80 Å². The summed E-state index contributed by atoms with van der Waals surface area (Å²) in [7, 11) is 0. The van der Waals surface area contributed by atoms with E-state index in [4.69, 9.17) is 0 Å². The molecule has 4 rings (SSSR count). The van der Waals surface area contributed by atoms with Gasteiger partial charge in [0.25, 0.3) is 0 Å². The predicted molar refractivity (Wildman–Crippen MR) is 178 cm³/mol. The van der Waals surface area contributed by atoms with Gasteiger partial charge in [-0.2, -0.15) is 0 Å². The van der Waals surface area contributed by atoms with E-state index >= 15 is 0 Å². The van der Waals surface area contributed by atoms with Crippen LogP contribution in [-0.4, -0.2) is 59.3 Å². The van der Waals surface area contributed by atoms with Crippen molar-refractivity contribution in [3.63, 3.8) is 0 Å². The van der Waals surface area contributed by atoms with Crippen LogP contribution in [0.4, 0.5) is 0 Å². The lowest BCUT2D eigenvalue weighted by Gasteiger charge is -2.36. The molecular weight excluding hydrogens is 551 g/mol. The van der Waals surface area contributed by atoms with E-state index in [0.717, 1.165) is 25.9 Å². The maximum Gasteiger partial charge on any atom is 0.115 e. The summed E-state index contributed by atoms with van der Waals surface area (Å²) < 4.78 is 0.